The molecule has 0 unspecified atom stereocenters. The van der Waals surface area contributed by atoms with Crippen molar-refractivity contribution in [3.8, 4) is 11.5 Å². The van der Waals surface area contributed by atoms with Crippen molar-refractivity contribution in [2.24, 2.45) is 4.99 Å². The monoisotopic (exact) mass is 350 g/mol. The van der Waals surface area contributed by atoms with E-state index in [1.54, 1.807) is 14.2 Å². The molecule has 0 aliphatic carbocycles. The lowest BCUT2D eigenvalue weighted by molar-refractivity contribution is -0.121. The van der Waals surface area contributed by atoms with E-state index in [-0.39, 0.29) is 18.0 Å². The Balaban J connectivity index is 2.57. The molecule has 0 spiro atoms. The fourth-order valence-corrected chi connectivity index (χ4v) is 2.13. The zero-order valence-corrected chi connectivity index (χ0v) is 16.0. The van der Waals surface area contributed by atoms with Gasteiger partial charge in [0.2, 0.25) is 5.91 Å². The lowest BCUT2D eigenvalue weighted by Gasteiger charge is -2.21. The van der Waals surface area contributed by atoms with Crippen LogP contribution in [-0.4, -0.2) is 44.7 Å². The van der Waals surface area contributed by atoms with Gasteiger partial charge in [-0.3, -0.25) is 9.79 Å². The van der Waals surface area contributed by atoms with Gasteiger partial charge >= 0.3 is 0 Å². The average molecular weight is 350 g/mol. The highest BCUT2D eigenvalue weighted by molar-refractivity contribution is 5.86. The van der Waals surface area contributed by atoms with Gasteiger partial charge in [-0.25, -0.2) is 0 Å². The van der Waals surface area contributed by atoms with Crippen LogP contribution in [0.1, 0.15) is 33.3 Å². The van der Waals surface area contributed by atoms with Gasteiger partial charge in [0.05, 0.1) is 20.3 Å². The second-order valence-corrected chi connectivity index (χ2v) is 6.50. The number of carbonyl (C=O) groups excluding carboxylic acids is 1. The first-order chi connectivity index (χ1) is 11.8. The molecular formula is C18H30N4O3. The zero-order valence-electron chi connectivity index (χ0n) is 16.0. The Bertz CT molecular complexity index is 594. The second-order valence-electron chi connectivity index (χ2n) is 6.50. The molecule has 0 aliphatic rings. The van der Waals surface area contributed by atoms with E-state index in [4.69, 9.17) is 9.47 Å². The molecule has 0 bridgehead atoms. The van der Waals surface area contributed by atoms with Gasteiger partial charge < -0.3 is 25.4 Å². The van der Waals surface area contributed by atoms with Crippen molar-refractivity contribution < 1.29 is 14.3 Å². The lowest BCUT2D eigenvalue weighted by Crippen LogP contribution is -2.48. The third-order valence-electron chi connectivity index (χ3n) is 3.14. The van der Waals surface area contributed by atoms with Crippen LogP contribution in [0.2, 0.25) is 0 Å². The predicted octanol–water partition coefficient (Wildman–Crippen LogP) is 1.67. The fraction of sp³-hybridized carbons (Fsp3) is 0.556. The van der Waals surface area contributed by atoms with Crippen LogP contribution < -0.4 is 25.4 Å². The van der Waals surface area contributed by atoms with Crippen molar-refractivity contribution in [3.63, 3.8) is 0 Å². The van der Waals surface area contributed by atoms with E-state index in [0.29, 0.717) is 30.6 Å². The first-order valence-corrected chi connectivity index (χ1v) is 8.34. The summed E-state index contributed by atoms with van der Waals surface area (Å²) >= 11 is 0. The van der Waals surface area contributed by atoms with Crippen LogP contribution >= 0.6 is 0 Å². The molecule has 0 heterocycles. The molecule has 1 aromatic rings. The van der Waals surface area contributed by atoms with Gasteiger partial charge in [-0.2, -0.15) is 0 Å². The molecular weight excluding hydrogens is 320 g/mol. The number of rotatable bonds is 7. The SMILES string of the molecule is CCOc1cc(CNC(=NC)NCC(=O)NC(C)(C)C)ccc1OC. The topological polar surface area (TPSA) is 84.0 Å². The van der Waals surface area contributed by atoms with Crippen LogP contribution in [0.5, 0.6) is 11.5 Å². The molecule has 0 fully saturated rings. The molecule has 0 aliphatic heterocycles. The molecule has 0 atom stereocenters. The average Bonchev–Trinajstić information content (AvgIpc) is 2.54. The van der Waals surface area contributed by atoms with E-state index >= 15 is 0 Å². The normalized spacial score (nSPS) is 11.7. The van der Waals surface area contributed by atoms with Gasteiger partial charge in [-0.15, -0.1) is 0 Å². The Morgan fingerprint density at radius 1 is 1.20 bits per heavy atom. The molecule has 25 heavy (non-hydrogen) atoms. The number of nitrogens with zero attached hydrogens (tertiary/aromatic N) is 1. The Labute approximate surface area is 150 Å². The van der Waals surface area contributed by atoms with E-state index in [2.05, 4.69) is 20.9 Å². The van der Waals surface area contributed by atoms with Gasteiger partial charge in [0.15, 0.2) is 17.5 Å². The van der Waals surface area contributed by atoms with Gasteiger partial charge in [0.1, 0.15) is 0 Å². The Morgan fingerprint density at radius 2 is 1.92 bits per heavy atom. The van der Waals surface area contributed by atoms with Gasteiger partial charge in [0.25, 0.3) is 0 Å². The van der Waals surface area contributed by atoms with Crippen molar-refractivity contribution in [1.29, 1.82) is 0 Å². The summed E-state index contributed by atoms with van der Waals surface area (Å²) in [6.07, 6.45) is 0. The van der Waals surface area contributed by atoms with E-state index in [0.717, 1.165) is 5.56 Å². The maximum Gasteiger partial charge on any atom is 0.239 e. The number of ether oxygens (including phenoxy) is 2. The summed E-state index contributed by atoms with van der Waals surface area (Å²) in [4.78, 5) is 16.0. The number of amides is 1. The summed E-state index contributed by atoms with van der Waals surface area (Å²) in [6.45, 7) is 9.03. The Hall–Kier alpha value is -2.44. The molecule has 0 saturated carbocycles. The summed E-state index contributed by atoms with van der Waals surface area (Å²) in [5.41, 5.74) is 0.764. The molecule has 140 valence electrons. The predicted molar refractivity (Wildman–Crippen MR) is 100 cm³/mol. The second kappa shape index (κ2) is 9.76. The molecule has 7 heteroatoms. The fourth-order valence-electron chi connectivity index (χ4n) is 2.13. The zero-order chi connectivity index (χ0) is 18.9. The first-order valence-electron chi connectivity index (χ1n) is 8.34. The minimum absolute atomic E-state index is 0.0847. The van der Waals surface area contributed by atoms with Crippen LogP contribution in [0.3, 0.4) is 0 Å². The van der Waals surface area contributed by atoms with E-state index in [1.807, 2.05) is 45.9 Å². The Morgan fingerprint density at radius 3 is 2.48 bits per heavy atom. The van der Waals surface area contributed by atoms with Crippen LogP contribution in [0, 0.1) is 0 Å². The summed E-state index contributed by atoms with van der Waals surface area (Å²) < 4.78 is 10.9. The largest absolute Gasteiger partial charge is 0.493 e. The summed E-state index contributed by atoms with van der Waals surface area (Å²) in [6, 6.07) is 5.75. The number of guanidine groups is 1. The smallest absolute Gasteiger partial charge is 0.239 e. The van der Waals surface area contributed by atoms with Crippen LogP contribution in [0.25, 0.3) is 0 Å². The van der Waals surface area contributed by atoms with E-state index in [9.17, 15) is 4.79 Å². The van der Waals surface area contributed by atoms with Gasteiger partial charge in [-0.1, -0.05) is 6.07 Å². The number of benzene rings is 1. The highest BCUT2D eigenvalue weighted by Gasteiger charge is 2.13. The summed E-state index contributed by atoms with van der Waals surface area (Å²) in [7, 11) is 3.28. The number of hydrogen-bond acceptors (Lipinski definition) is 4. The van der Waals surface area contributed by atoms with Crippen LogP contribution in [0.4, 0.5) is 0 Å². The van der Waals surface area contributed by atoms with E-state index in [1.165, 1.54) is 0 Å². The molecule has 0 radical (unpaired) electrons. The third kappa shape index (κ3) is 7.78. The number of carbonyl (C=O) groups is 1. The number of methoxy groups -OCH3 is 1. The van der Waals surface area contributed by atoms with Crippen molar-refractivity contribution in [1.82, 2.24) is 16.0 Å². The highest BCUT2D eigenvalue weighted by Crippen LogP contribution is 2.27. The van der Waals surface area contributed by atoms with Crippen molar-refractivity contribution >= 4 is 11.9 Å². The first kappa shape index (κ1) is 20.6. The molecule has 1 amide bonds. The lowest BCUT2D eigenvalue weighted by atomic mass is 10.1. The molecule has 0 saturated heterocycles. The molecule has 3 N–H and O–H groups in total. The van der Waals surface area contributed by atoms with Crippen LogP contribution in [-0.2, 0) is 11.3 Å². The number of hydrogen-bond donors (Lipinski definition) is 3. The Kier molecular flexibility index (Phi) is 8.04. The molecule has 0 aromatic heterocycles. The summed E-state index contributed by atoms with van der Waals surface area (Å²) in [5.74, 6) is 1.88. The summed E-state index contributed by atoms with van der Waals surface area (Å²) in [5, 5.41) is 9.06. The maximum absolute atomic E-state index is 11.9. The quantitative estimate of drug-likeness (QED) is 0.515. The maximum atomic E-state index is 11.9. The van der Waals surface area contributed by atoms with Crippen LogP contribution in [0.15, 0.2) is 23.2 Å². The minimum atomic E-state index is -0.255. The number of aliphatic imine (C=N–C) groups is 1. The number of nitrogens with one attached hydrogen (secondary N) is 3. The molecule has 7 nitrogen and oxygen atoms in total. The molecule has 1 rings (SSSR count). The third-order valence-corrected chi connectivity index (χ3v) is 3.14. The van der Waals surface area contributed by atoms with Crippen molar-refractivity contribution in [2.75, 3.05) is 27.3 Å². The van der Waals surface area contributed by atoms with Crippen molar-refractivity contribution in [2.45, 2.75) is 39.8 Å². The van der Waals surface area contributed by atoms with Gasteiger partial charge in [0, 0.05) is 19.1 Å². The standard InChI is InChI=1S/C18H30N4O3/c1-7-25-15-10-13(8-9-14(15)24-6)11-20-17(19-5)21-12-16(23)22-18(2,3)4/h8-10H,7,11-12H2,1-6H3,(H,22,23)(H2,19,20,21). The highest BCUT2D eigenvalue weighted by atomic mass is 16.5. The van der Waals surface area contributed by atoms with E-state index < -0.39 is 0 Å². The minimum Gasteiger partial charge on any atom is -0.493 e. The van der Waals surface area contributed by atoms with Crippen molar-refractivity contribution in [3.05, 3.63) is 23.8 Å². The molecule has 1 aromatic carbocycles. The van der Waals surface area contributed by atoms with Gasteiger partial charge in [-0.05, 0) is 45.4 Å².